The van der Waals surface area contributed by atoms with Crippen molar-refractivity contribution in [3.8, 4) is 0 Å². The summed E-state index contributed by atoms with van der Waals surface area (Å²) in [5.74, 6) is 0. The first-order valence-corrected chi connectivity index (χ1v) is 8.53. The lowest BCUT2D eigenvalue weighted by Gasteiger charge is -2.28. The third-order valence-corrected chi connectivity index (χ3v) is 4.73. The van der Waals surface area contributed by atoms with Crippen LogP contribution in [0.25, 0.3) is 0 Å². The van der Waals surface area contributed by atoms with Gasteiger partial charge in [-0.2, -0.15) is 0 Å². The number of hydrogen-bond acceptors (Lipinski definition) is 2. The summed E-state index contributed by atoms with van der Waals surface area (Å²) in [6.07, 6.45) is 10.7. The lowest BCUT2D eigenvalue weighted by Crippen LogP contribution is -2.39. The van der Waals surface area contributed by atoms with Crippen LogP contribution >= 0.6 is 20.7 Å². The summed E-state index contributed by atoms with van der Waals surface area (Å²) < 4.78 is 10.5. The van der Waals surface area contributed by atoms with E-state index in [9.17, 15) is 0 Å². The van der Waals surface area contributed by atoms with Gasteiger partial charge in [0, 0.05) is 6.04 Å². The van der Waals surface area contributed by atoms with Crippen LogP contribution in [-0.4, -0.2) is 22.8 Å². The lowest BCUT2D eigenvalue weighted by molar-refractivity contribution is 0.0171. The summed E-state index contributed by atoms with van der Waals surface area (Å²) in [5.41, 5.74) is 7.44. The molecule has 3 heteroatoms. The molecule has 1 saturated carbocycles. The molecule has 1 aliphatic carbocycles. The van der Waals surface area contributed by atoms with Crippen LogP contribution < -0.4 is 5.73 Å². The highest BCUT2D eigenvalue weighted by Gasteiger charge is 2.21. The normalized spacial score (nSPS) is 29.7. The molecule has 0 amide bonds. The number of allylic oxidation sites excluding steroid dienone is 2. The average Bonchev–Trinajstić information content (AvgIpc) is 2.33. The molecule has 2 nitrogen and oxygen atoms in total. The van der Waals surface area contributed by atoms with Gasteiger partial charge in [-0.15, -0.1) is 0 Å². The van der Waals surface area contributed by atoms with Crippen LogP contribution in [0.4, 0.5) is 0 Å². The Labute approximate surface area is 108 Å². The largest absolute Gasteiger partial charge is 0.376 e. The summed E-state index contributed by atoms with van der Waals surface area (Å²) in [7, 11) is 0. The minimum Gasteiger partial charge on any atom is -0.376 e. The molecule has 0 spiro atoms. The van der Waals surface area contributed by atoms with E-state index in [0.717, 1.165) is 25.9 Å². The number of rotatable bonds is 4. The maximum Gasteiger partial charge on any atom is 0.0726 e. The van der Waals surface area contributed by atoms with E-state index >= 15 is 0 Å². The number of halogens is 1. The van der Waals surface area contributed by atoms with Gasteiger partial charge in [0.25, 0.3) is 0 Å². The second-order valence-corrected chi connectivity index (χ2v) is 6.55. The van der Waals surface area contributed by atoms with Crippen LogP contribution in [0.2, 0.25) is 0 Å². The first kappa shape index (κ1) is 12.5. The zero-order chi connectivity index (χ0) is 11.2. The maximum absolute atomic E-state index is 6.04. The molecule has 2 rings (SSSR count). The van der Waals surface area contributed by atoms with Gasteiger partial charge in [0.15, 0.2) is 0 Å². The van der Waals surface area contributed by atoms with Crippen molar-refractivity contribution >= 4 is 24.7 Å². The van der Waals surface area contributed by atoms with E-state index in [1.807, 2.05) is 0 Å². The summed E-state index contributed by atoms with van der Waals surface area (Å²) in [4.78, 5) is 0. The molecule has 0 aromatic rings. The molecule has 0 radical (unpaired) electrons. The van der Waals surface area contributed by atoms with Crippen molar-refractivity contribution in [3.63, 3.8) is 0 Å². The van der Waals surface area contributed by atoms with Crippen molar-refractivity contribution < 1.29 is 4.74 Å². The van der Waals surface area contributed by atoms with Gasteiger partial charge in [0.05, 0.1) is 12.7 Å². The molecule has 90 valence electrons. The first-order chi connectivity index (χ1) is 7.86. The highest BCUT2D eigenvalue weighted by atomic mass is 127. The Hall–Kier alpha value is -0.0000000000000000555. The molecule has 1 fully saturated rings. The zero-order valence-corrected chi connectivity index (χ0v) is 11.7. The van der Waals surface area contributed by atoms with Crippen LogP contribution in [0.5, 0.6) is 0 Å². The van der Waals surface area contributed by atoms with Gasteiger partial charge in [-0.3, -0.25) is 0 Å². The number of hydrogen-bond donors (Lipinski definition) is 1. The molecule has 0 aromatic heterocycles. The predicted octanol–water partition coefficient (Wildman–Crippen LogP) is 2.89. The first-order valence-electron chi connectivity index (χ1n) is 6.04. The fraction of sp³-hybridized carbons (Fsp3) is 0.615. The van der Waals surface area contributed by atoms with Crippen LogP contribution in [0.1, 0.15) is 32.1 Å². The highest BCUT2D eigenvalue weighted by molar-refractivity contribution is 14.2. The quantitative estimate of drug-likeness (QED) is 0.803. The van der Waals surface area contributed by atoms with Crippen LogP contribution in [0.3, 0.4) is 0 Å². The van der Waals surface area contributed by atoms with Crippen LogP contribution in [0, 0.1) is 0 Å². The van der Waals surface area contributed by atoms with Crippen molar-refractivity contribution in [1.82, 2.24) is 0 Å². The Balaban J connectivity index is 1.69. The lowest BCUT2D eigenvalue weighted by atomic mass is 9.93. The molecular formula is C13H20INO. The molecule has 0 saturated heterocycles. The molecule has 1 aliphatic heterocycles. The topological polar surface area (TPSA) is 35.2 Å². The Morgan fingerprint density at radius 2 is 2.25 bits per heavy atom. The maximum atomic E-state index is 6.04. The van der Waals surface area contributed by atoms with E-state index in [-0.39, 0.29) is 26.8 Å². The molecule has 1 heterocycles. The van der Waals surface area contributed by atoms with Gasteiger partial charge in [-0.05, 0) is 32.9 Å². The minimum absolute atomic E-state index is 0.209. The second-order valence-electron chi connectivity index (χ2n) is 4.39. The summed E-state index contributed by atoms with van der Waals surface area (Å²) >= 11 is 0.209. The molecule has 2 N–H and O–H groups in total. The highest BCUT2D eigenvalue weighted by Crippen LogP contribution is 2.20. The monoisotopic (exact) mass is 333 g/mol. The van der Waals surface area contributed by atoms with Crippen molar-refractivity contribution in [3.05, 3.63) is 21.8 Å². The zero-order valence-electron chi connectivity index (χ0n) is 9.57. The fourth-order valence-corrected chi connectivity index (χ4v) is 3.74. The Bertz CT molecular complexity index is 309. The van der Waals surface area contributed by atoms with Crippen molar-refractivity contribution in [2.75, 3.05) is 6.61 Å². The van der Waals surface area contributed by atoms with Gasteiger partial charge in [0.2, 0.25) is 0 Å². The van der Waals surface area contributed by atoms with E-state index < -0.39 is 0 Å². The van der Waals surface area contributed by atoms with E-state index in [1.165, 1.54) is 18.4 Å². The Morgan fingerprint density at radius 1 is 1.38 bits per heavy atom. The van der Waals surface area contributed by atoms with E-state index in [0.29, 0.717) is 6.10 Å². The van der Waals surface area contributed by atoms with Crippen molar-refractivity contribution in [2.45, 2.75) is 44.2 Å². The van der Waals surface area contributed by atoms with Gasteiger partial charge in [-0.25, -0.2) is 0 Å². The van der Waals surface area contributed by atoms with E-state index in [4.69, 9.17) is 10.5 Å². The van der Waals surface area contributed by atoms with Gasteiger partial charge < -0.3 is 10.5 Å². The van der Waals surface area contributed by atoms with Crippen LogP contribution in [-0.2, 0) is 4.74 Å². The third-order valence-electron chi connectivity index (χ3n) is 3.18. The molecule has 16 heavy (non-hydrogen) atoms. The summed E-state index contributed by atoms with van der Waals surface area (Å²) in [6, 6.07) is 0.266. The molecule has 2 aliphatic rings. The van der Waals surface area contributed by atoms with Gasteiger partial charge in [-0.1, -0.05) is 45.7 Å². The minimum atomic E-state index is 0.209. The molecule has 0 aromatic carbocycles. The molecule has 0 unspecified atom stereocenters. The molecule has 0 bridgehead atoms. The van der Waals surface area contributed by atoms with Crippen molar-refractivity contribution in [1.29, 1.82) is 0 Å². The number of nitrogens with two attached hydrogens (primary N) is 1. The Morgan fingerprint density at radius 3 is 3.00 bits per heavy atom. The fourth-order valence-electron chi connectivity index (χ4n) is 2.16. The SMILES string of the molecule is N[C@@H]1CCCC[C@H]1OCCC1=CC=IC=C1. The number of ether oxygens (including phenoxy) is 1. The Kier molecular flexibility index (Phi) is 5.19. The molecule has 2 atom stereocenters. The van der Waals surface area contributed by atoms with Gasteiger partial charge in [0.1, 0.15) is 0 Å². The second kappa shape index (κ2) is 6.67. The smallest absolute Gasteiger partial charge is 0.0726 e. The van der Waals surface area contributed by atoms with Crippen LogP contribution in [0.15, 0.2) is 21.8 Å². The van der Waals surface area contributed by atoms with Crippen molar-refractivity contribution in [2.24, 2.45) is 5.73 Å². The standard InChI is InChI=1S/C13H20INO/c15-12-3-1-2-4-13(12)16-10-7-11-5-8-14-9-6-11/h5-6,8-9,12-13H,1-4,7,10,15H2/t12-,13-/m1/s1. The average molecular weight is 333 g/mol. The van der Waals surface area contributed by atoms with E-state index in [1.54, 1.807) is 0 Å². The van der Waals surface area contributed by atoms with E-state index in [2.05, 4.69) is 20.2 Å². The summed E-state index contributed by atoms with van der Waals surface area (Å²) in [6.45, 7) is 0.820. The summed E-state index contributed by atoms with van der Waals surface area (Å²) in [5, 5.41) is 0. The third kappa shape index (κ3) is 3.79. The predicted molar refractivity (Wildman–Crippen MR) is 78.1 cm³/mol. The molecular weight excluding hydrogens is 313 g/mol. The van der Waals surface area contributed by atoms with Gasteiger partial charge >= 0.3 is 0 Å².